The summed E-state index contributed by atoms with van der Waals surface area (Å²) in [5.41, 5.74) is -1.67. The van der Waals surface area contributed by atoms with Crippen molar-refractivity contribution in [3.63, 3.8) is 0 Å². The van der Waals surface area contributed by atoms with Crippen LogP contribution in [0.1, 0.15) is 27.2 Å². The highest BCUT2D eigenvalue weighted by atomic mass is 32.2. The van der Waals surface area contributed by atoms with Crippen molar-refractivity contribution >= 4 is 43.4 Å². The predicted molar refractivity (Wildman–Crippen MR) is 134 cm³/mol. The summed E-state index contributed by atoms with van der Waals surface area (Å²) in [6.07, 6.45) is -1.02. The van der Waals surface area contributed by atoms with E-state index in [1.807, 2.05) is 39.0 Å². The molecule has 0 radical (unpaired) electrons. The Kier molecular flexibility index (Phi) is 9.55. The summed E-state index contributed by atoms with van der Waals surface area (Å²) in [7, 11) is -10.5. The van der Waals surface area contributed by atoms with Crippen LogP contribution in [0.4, 0.5) is 23.7 Å². The van der Waals surface area contributed by atoms with Crippen LogP contribution in [0, 0.1) is 5.41 Å². The lowest BCUT2D eigenvalue weighted by molar-refractivity contribution is -0.0435. The summed E-state index contributed by atoms with van der Waals surface area (Å²) >= 11 is 1.39. The van der Waals surface area contributed by atoms with Gasteiger partial charge in [-0.05, 0) is 35.7 Å². The van der Waals surface area contributed by atoms with Crippen LogP contribution >= 0.6 is 11.8 Å². The summed E-state index contributed by atoms with van der Waals surface area (Å²) in [4.78, 5) is 9.85. The molecule has 0 aliphatic rings. The minimum atomic E-state index is -5.98. The number of anilines is 1. The number of rotatable bonds is 10. The van der Waals surface area contributed by atoms with E-state index in [9.17, 15) is 34.8 Å². The van der Waals surface area contributed by atoms with Gasteiger partial charge in [-0.15, -0.1) is 11.8 Å². The summed E-state index contributed by atoms with van der Waals surface area (Å²) in [6, 6.07) is 10.5. The molecule has 2 atom stereocenters. The van der Waals surface area contributed by atoms with Gasteiger partial charge in [0.25, 0.3) is 9.84 Å². The molecule has 1 amide bonds. The molecular formula is C22H28F3N3O6S3. The predicted octanol–water partition coefficient (Wildman–Crippen LogP) is 4.10. The van der Waals surface area contributed by atoms with E-state index in [2.05, 4.69) is 5.32 Å². The number of hydrogen-bond acceptors (Lipinski definition) is 8. The van der Waals surface area contributed by atoms with E-state index >= 15 is 0 Å². The quantitative estimate of drug-likeness (QED) is 0.353. The van der Waals surface area contributed by atoms with Crippen molar-refractivity contribution in [2.45, 2.75) is 58.7 Å². The maximum absolute atomic E-state index is 13.5. The maximum Gasteiger partial charge on any atom is 0.501 e. The van der Waals surface area contributed by atoms with Crippen molar-refractivity contribution in [1.82, 2.24) is 0 Å². The molecule has 0 saturated heterocycles. The molecule has 5 N–H and O–H groups in total. The molecule has 2 unspecified atom stereocenters. The van der Waals surface area contributed by atoms with Gasteiger partial charge in [0.15, 0.2) is 0 Å². The topological polar surface area (TPSA) is 159 Å². The number of hydrogen-bond donors (Lipinski definition) is 3. The first kappa shape index (κ1) is 30.7. The molecule has 2 aromatic carbocycles. The smallest absolute Gasteiger partial charge is 0.450 e. The molecule has 2 rings (SSSR count). The Labute approximate surface area is 218 Å². The van der Waals surface area contributed by atoms with Crippen molar-refractivity contribution in [2.24, 2.45) is 16.3 Å². The fourth-order valence-electron chi connectivity index (χ4n) is 3.44. The third kappa shape index (κ3) is 8.25. The summed E-state index contributed by atoms with van der Waals surface area (Å²) in [5.74, 6) is 0. The standard InChI is InChI=1S/C22H28F3N3O6S3/c1-21(2,3)19(35-14-7-5-4-6-8-14)17(11-12-34-20(26)29)28-16-10-9-15(37(27,32)33)13-18(16)36(30,31)22(23,24)25/h4-10,13,17,19,28H,11-12H2,1-3H3,(H2,26,29)(H2,27,32,33). The lowest BCUT2D eigenvalue weighted by atomic mass is 9.86. The average molecular weight is 584 g/mol. The lowest BCUT2D eigenvalue weighted by Crippen LogP contribution is -2.41. The number of carbonyl (C=O) groups excluding carboxylic acids is 1. The number of sulfonamides is 1. The Bertz CT molecular complexity index is 1310. The van der Waals surface area contributed by atoms with Gasteiger partial charge < -0.3 is 15.8 Å². The molecule has 0 bridgehead atoms. The number of carbonyl (C=O) groups is 1. The van der Waals surface area contributed by atoms with Gasteiger partial charge in [0.2, 0.25) is 10.0 Å². The third-order valence-electron chi connectivity index (χ3n) is 5.12. The molecule has 0 aromatic heterocycles. The Morgan fingerprint density at radius 2 is 1.65 bits per heavy atom. The van der Waals surface area contributed by atoms with E-state index in [4.69, 9.17) is 15.6 Å². The van der Waals surface area contributed by atoms with E-state index in [1.54, 1.807) is 12.1 Å². The molecule has 0 aliphatic heterocycles. The van der Waals surface area contributed by atoms with Gasteiger partial charge in [0.1, 0.15) is 4.90 Å². The molecule has 37 heavy (non-hydrogen) atoms. The SMILES string of the molecule is CC(C)(C)C(Sc1ccccc1)C(CCOC(N)=O)Nc1ccc(S(N)(=O)=O)cc1S(=O)(=O)C(F)(F)F. The highest BCUT2D eigenvalue weighted by molar-refractivity contribution is 8.00. The molecule has 0 heterocycles. The maximum atomic E-state index is 13.5. The molecule has 2 aromatic rings. The summed E-state index contributed by atoms with van der Waals surface area (Å²) < 4.78 is 93.7. The minimum absolute atomic E-state index is 0.0349. The van der Waals surface area contributed by atoms with Crippen molar-refractivity contribution in [3.8, 4) is 0 Å². The number of alkyl halides is 3. The number of halogens is 3. The third-order valence-corrected chi connectivity index (χ3v) is 9.39. The van der Waals surface area contributed by atoms with Gasteiger partial charge in [0, 0.05) is 22.6 Å². The monoisotopic (exact) mass is 583 g/mol. The number of ether oxygens (including phenoxy) is 1. The van der Waals surface area contributed by atoms with E-state index in [1.165, 1.54) is 11.8 Å². The fourth-order valence-corrected chi connectivity index (χ4v) is 6.33. The molecule has 9 nitrogen and oxygen atoms in total. The van der Waals surface area contributed by atoms with Crippen molar-refractivity contribution in [2.75, 3.05) is 11.9 Å². The van der Waals surface area contributed by atoms with Gasteiger partial charge >= 0.3 is 11.6 Å². The Morgan fingerprint density at radius 3 is 2.14 bits per heavy atom. The number of nitrogens with one attached hydrogen (secondary N) is 1. The molecule has 0 fully saturated rings. The van der Waals surface area contributed by atoms with Crippen LogP contribution in [0.25, 0.3) is 0 Å². The molecular weight excluding hydrogens is 555 g/mol. The first-order valence-corrected chi connectivity index (χ1v) is 14.6. The Hall–Kier alpha value is -2.49. The molecule has 0 spiro atoms. The number of primary sulfonamides is 1. The second-order valence-corrected chi connectivity index (χ2v) is 13.8. The average Bonchev–Trinajstić information content (AvgIpc) is 2.75. The van der Waals surface area contributed by atoms with Gasteiger partial charge in [0.05, 0.1) is 17.2 Å². The first-order valence-electron chi connectivity index (χ1n) is 10.7. The van der Waals surface area contributed by atoms with Crippen LogP contribution in [-0.2, 0) is 24.6 Å². The summed E-state index contributed by atoms with van der Waals surface area (Å²) in [5, 5.41) is 7.45. The van der Waals surface area contributed by atoms with Gasteiger partial charge in [-0.3, -0.25) is 0 Å². The number of nitrogens with two attached hydrogens (primary N) is 2. The molecule has 0 saturated carbocycles. The van der Waals surface area contributed by atoms with Crippen molar-refractivity contribution in [1.29, 1.82) is 0 Å². The number of thioether (sulfide) groups is 1. The minimum Gasteiger partial charge on any atom is -0.450 e. The summed E-state index contributed by atoms with van der Waals surface area (Å²) in [6.45, 7) is 5.43. The van der Waals surface area contributed by atoms with Gasteiger partial charge in [-0.25, -0.2) is 26.8 Å². The van der Waals surface area contributed by atoms with Gasteiger partial charge in [-0.1, -0.05) is 39.0 Å². The lowest BCUT2D eigenvalue weighted by Gasteiger charge is -2.38. The van der Waals surface area contributed by atoms with Crippen LogP contribution < -0.4 is 16.2 Å². The molecule has 206 valence electrons. The number of amides is 1. The van der Waals surface area contributed by atoms with Crippen LogP contribution in [0.2, 0.25) is 0 Å². The van der Waals surface area contributed by atoms with Crippen molar-refractivity contribution in [3.05, 3.63) is 48.5 Å². The second-order valence-electron chi connectivity index (χ2n) is 9.08. The highest BCUT2D eigenvalue weighted by Gasteiger charge is 2.48. The fraction of sp³-hybridized carbons (Fsp3) is 0.409. The molecule has 15 heteroatoms. The van der Waals surface area contributed by atoms with Crippen LogP contribution in [0.5, 0.6) is 0 Å². The normalized spacial score (nSPS) is 14.6. The van der Waals surface area contributed by atoms with E-state index < -0.39 is 63.6 Å². The number of sulfone groups is 1. The van der Waals surface area contributed by atoms with E-state index in [0.29, 0.717) is 6.07 Å². The zero-order chi connectivity index (χ0) is 28.2. The number of primary amides is 1. The van der Waals surface area contributed by atoms with Crippen LogP contribution in [0.3, 0.4) is 0 Å². The zero-order valence-electron chi connectivity index (χ0n) is 20.2. The molecule has 0 aliphatic carbocycles. The first-order chi connectivity index (χ1) is 16.8. The Balaban J connectivity index is 2.65. The second kappa shape index (κ2) is 11.5. The van der Waals surface area contributed by atoms with E-state index in [-0.39, 0.29) is 13.0 Å². The van der Waals surface area contributed by atoms with Crippen LogP contribution in [-0.4, -0.2) is 46.3 Å². The Morgan fingerprint density at radius 1 is 1.05 bits per heavy atom. The van der Waals surface area contributed by atoms with E-state index in [0.717, 1.165) is 17.0 Å². The van der Waals surface area contributed by atoms with Gasteiger partial charge in [-0.2, -0.15) is 13.2 Å². The van der Waals surface area contributed by atoms with Crippen LogP contribution in [0.15, 0.2) is 63.2 Å². The largest absolute Gasteiger partial charge is 0.501 e. The zero-order valence-corrected chi connectivity index (χ0v) is 22.6. The number of benzene rings is 2. The van der Waals surface area contributed by atoms with Crippen molar-refractivity contribution < 1.29 is 39.5 Å². The highest BCUT2D eigenvalue weighted by Crippen LogP contribution is 2.41.